The Balaban J connectivity index is 1.57. The van der Waals surface area contributed by atoms with Crippen molar-refractivity contribution >= 4 is 16.7 Å². The van der Waals surface area contributed by atoms with Crippen molar-refractivity contribution in [2.75, 3.05) is 0 Å². The SMILES string of the molecule is CC1=CC(C)CC=C1c1cnc2c(c1)C(c1ccn3nccc3c1)=CC2. The molecule has 0 amide bonds. The van der Waals surface area contributed by atoms with Crippen molar-refractivity contribution in [1.82, 2.24) is 14.6 Å². The summed E-state index contributed by atoms with van der Waals surface area (Å²) in [5, 5.41) is 4.29. The molecule has 0 saturated carbocycles. The molecule has 26 heavy (non-hydrogen) atoms. The molecule has 0 bridgehead atoms. The van der Waals surface area contributed by atoms with E-state index >= 15 is 0 Å². The van der Waals surface area contributed by atoms with Gasteiger partial charge in [-0.25, -0.2) is 4.52 Å². The van der Waals surface area contributed by atoms with Gasteiger partial charge in [-0.1, -0.05) is 25.2 Å². The predicted octanol–water partition coefficient (Wildman–Crippen LogP) is 5.09. The summed E-state index contributed by atoms with van der Waals surface area (Å²) in [5.74, 6) is 0.624. The highest BCUT2D eigenvalue weighted by molar-refractivity contribution is 5.88. The first kappa shape index (κ1) is 15.3. The van der Waals surface area contributed by atoms with Gasteiger partial charge in [0, 0.05) is 36.1 Å². The number of aromatic nitrogens is 3. The van der Waals surface area contributed by atoms with E-state index in [2.05, 4.69) is 55.4 Å². The third-order valence-corrected chi connectivity index (χ3v) is 5.43. The fraction of sp³-hybridized carbons (Fsp3) is 0.217. The van der Waals surface area contributed by atoms with Crippen LogP contribution in [-0.4, -0.2) is 14.6 Å². The third-order valence-electron chi connectivity index (χ3n) is 5.43. The zero-order valence-corrected chi connectivity index (χ0v) is 15.1. The fourth-order valence-corrected chi connectivity index (χ4v) is 4.10. The van der Waals surface area contributed by atoms with Gasteiger partial charge in [-0.2, -0.15) is 5.10 Å². The lowest BCUT2D eigenvalue weighted by Gasteiger charge is -2.18. The highest BCUT2D eigenvalue weighted by Gasteiger charge is 2.20. The van der Waals surface area contributed by atoms with E-state index in [9.17, 15) is 0 Å². The summed E-state index contributed by atoms with van der Waals surface area (Å²) in [4.78, 5) is 4.78. The highest BCUT2D eigenvalue weighted by atomic mass is 15.2. The molecule has 3 heterocycles. The minimum atomic E-state index is 0.624. The number of rotatable bonds is 2. The monoisotopic (exact) mass is 339 g/mol. The maximum absolute atomic E-state index is 4.78. The van der Waals surface area contributed by atoms with Crippen molar-refractivity contribution in [2.24, 2.45) is 5.92 Å². The van der Waals surface area contributed by atoms with E-state index < -0.39 is 0 Å². The molecule has 2 aliphatic carbocycles. The first-order chi connectivity index (χ1) is 12.7. The van der Waals surface area contributed by atoms with E-state index in [0.717, 1.165) is 18.4 Å². The topological polar surface area (TPSA) is 30.2 Å². The molecule has 5 rings (SSSR count). The van der Waals surface area contributed by atoms with Gasteiger partial charge in [0.2, 0.25) is 0 Å². The van der Waals surface area contributed by atoms with E-state index in [1.165, 1.54) is 39.1 Å². The van der Waals surface area contributed by atoms with Gasteiger partial charge in [0.25, 0.3) is 0 Å². The van der Waals surface area contributed by atoms with Crippen molar-refractivity contribution in [1.29, 1.82) is 0 Å². The van der Waals surface area contributed by atoms with Crippen LogP contribution in [0, 0.1) is 5.92 Å². The van der Waals surface area contributed by atoms with Gasteiger partial charge >= 0.3 is 0 Å². The van der Waals surface area contributed by atoms with Crippen molar-refractivity contribution in [3.05, 3.63) is 89.0 Å². The standard InChI is InChI=1S/C23H21N3/c1-15-3-4-20(16(2)11-15)18-13-22-21(5-6-23(22)24-14-18)17-8-10-26-19(12-17)7-9-25-26/h4-5,7-15H,3,6H2,1-2H3. The minimum absolute atomic E-state index is 0.624. The second-order valence-electron chi connectivity index (χ2n) is 7.34. The van der Waals surface area contributed by atoms with Crippen LogP contribution in [0.2, 0.25) is 0 Å². The van der Waals surface area contributed by atoms with Crippen LogP contribution in [0.3, 0.4) is 0 Å². The van der Waals surface area contributed by atoms with E-state index in [1.54, 1.807) is 0 Å². The summed E-state index contributed by atoms with van der Waals surface area (Å²) >= 11 is 0. The van der Waals surface area contributed by atoms with Crippen LogP contribution in [0.4, 0.5) is 0 Å². The predicted molar refractivity (Wildman–Crippen MR) is 106 cm³/mol. The van der Waals surface area contributed by atoms with E-state index in [0.29, 0.717) is 5.92 Å². The second kappa shape index (κ2) is 5.80. The zero-order valence-electron chi connectivity index (χ0n) is 15.1. The third kappa shape index (κ3) is 2.43. The van der Waals surface area contributed by atoms with Crippen molar-refractivity contribution in [2.45, 2.75) is 26.7 Å². The Morgan fingerprint density at radius 2 is 2.00 bits per heavy atom. The molecule has 3 aromatic heterocycles. The fourth-order valence-electron chi connectivity index (χ4n) is 4.10. The van der Waals surface area contributed by atoms with Crippen LogP contribution in [0.25, 0.3) is 16.7 Å². The molecular weight excluding hydrogens is 318 g/mol. The lowest BCUT2D eigenvalue weighted by molar-refractivity contribution is 0.732. The van der Waals surface area contributed by atoms with Gasteiger partial charge in [0.1, 0.15) is 0 Å². The molecule has 3 nitrogen and oxygen atoms in total. The summed E-state index contributed by atoms with van der Waals surface area (Å²) in [7, 11) is 0. The minimum Gasteiger partial charge on any atom is -0.260 e. The molecule has 3 aromatic rings. The normalized spacial score (nSPS) is 19.2. The molecule has 3 heteroatoms. The van der Waals surface area contributed by atoms with Gasteiger partial charge in [0.05, 0.1) is 11.2 Å². The average Bonchev–Trinajstić information content (AvgIpc) is 3.27. The molecular formula is C23H21N3. The van der Waals surface area contributed by atoms with Crippen LogP contribution in [0.5, 0.6) is 0 Å². The quantitative estimate of drug-likeness (QED) is 0.651. The van der Waals surface area contributed by atoms with E-state index in [1.807, 2.05) is 29.2 Å². The maximum atomic E-state index is 4.78. The van der Waals surface area contributed by atoms with Crippen molar-refractivity contribution < 1.29 is 0 Å². The first-order valence-corrected chi connectivity index (χ1v) is 9.21. The number of hydrogen-bond donors (Lipinski definition) is 0. The Labute approximate surface area is 153 Å². The second-order valence-corrected chi connectivity index (χ2v) is 7.34. The van der Waals surface area contributed by atoms with Crippen LogP contribution in [0.15, 0.2) is 66.7 Å². The number of hydrogen-bond acceptors (Lipinski definition) is 2. The Bertz CT molecular complexity index is 1110. The van der Waals surface area contributed by atoms with Crippen LogP contribution >= 0.6 is 0 Å². The van der Waals surface area contributed by atoms with Gasteiger partial charge in [-0.3, -0.25) is 4.98 Å². The molecule has 0 N–H and O–H groups in total. The summed E-state index contributed by atoms with van der Waals surface area (Å²) < 4.78 is 1.90. The Morgan fingerprint density at radius 1 is 1.08 bits per heavy atom. The largest absolute Gasteiger partial charge is 0.260 e. The molecule has 0 fully saturated rings. The van der Waals surface area contributed by atoms with Crippen molar-refractivity contribution in [3.8, 4) is 0 Å². The van der Waals surface area contributed by atoms with E-state index in [4.69, 9.17) is 4.98 Å². The number of pyridine rings is 2. The maximum Gasteiger partial charge on any atom is 0.0667 e. The van der Waals surface area contributed by atoms with Gasteiger partial charge in [-0.15, -0.1) is 0 Å². The van der Waals surface area contributed by atoms with E-state index in [-0.39, 0.29) is 0 Å². The number of nitrogens with zero attached hydrogens (tertiary/aromatic N) is 3. The summed E-state index contributed by atoms with van der Waals surface area (Å²) in [5.41, 5.74) is 9.97. The Kier molecular flexibility index (Phi) is 3.42. The first-order valence-electron chi connectivity index (χ1n) is 9.21. The molecule has 0 aromatic carbocycles. The average molecular weight is 339 g/mol. The smallest absolute Gasteiger partial charge is 0.0667 e. The molecule has 0 saturated heterocycles. The summed E-state index contributed by atoms with van der Waals surface area (Å²) in [6.45, 7) is 4.48. The molecule has 2 aliphatic rings. The van der Waals surface area contributed by atoms with Crippen LogP contribution in [-0.2, 0) is 6.42 Å². The van der Waals surface area contributed by atoms with Gasteiger partial charge < -0.3 is 0 Å². The van der Waals surface area contributed by atoms with Crippen LogP contribution < -0.4 is 0 Å². The molecule has 0 spiro atoms. The summed E-state index contributed by atoms with van der Waals surface area (Å²) in [6, 6.07) is 8.70. The summed E-state index contributed by atoms with van der Waals surface area (Å²) in [6.07, 6.45) is 14.9. The highest BCUT2D eigenvalue weighted by Crippen LogP contribution is 2.36. The lowest BCUT2D eigenvalue weighted by Crippen LogP contribution is -2.01. The zero-order chi connectivity index (χ0) is 17.7. The molecule has 0 aliphatic heterocycles. The Hall–Kier alpha value is -2.94. The van der Waals surface area contributed by atoms with Crippen LogP contribution in [0.1, 0.15) is 42.7 Å². The number of allylic oxidation sites excluding steroid dienone is 5. The molecule has 128 valence electrons. The molecule has 1 atom stereocenters. The molecule has 1 unspecified atom stereocenters. The molecule has 0 radical (unpaired) electrons. The lowest BCUT2D eigenvalue weighted by atomic mass is 9.88. The van der Waals surface area contributed by atoms with Gasteiger partial charge in [0.15, 0.2) is 0 Å². The van der Waals surface area contributed by atoms with Gasteiger partial charge in [-0.05, 0) is 65.8 Å². The number of fused-ring (bicyclic) bond motifs is 2. The Morgan fingerprint density at radius 3 is 2.88 bits per heavy atom. The van der Waals surface area contributed by atoms with Crippen molar-refractivity contribution in [3.63, 3.8) is 0 Å².